The quantitative estimate of drug-likeness (QED) is 0.154. The van der Waals surface area contributed by atoms with Crippen molar-refractivity contribution in [1.29, 1.82) is 0 Å². The molecule has 0 aromatic rings. The monoisotopic (exact) mass is 536 g/mol. The van der Waals surface area contributed by atoms with Gasteiger partial charge in [0.25, 0.3) is 0 Å². The molecule has 0 atom stereocenters. The molecule has 10 nitrogen and oxygen atoms in total. The minimum atomic E-state index is -4.44. The van der Waals surface area contributed by atoms with Gasteiger partial charge in [-0.25, -0.2) is 0 Å². The SMILES string of the molecule is CCOC(=O)CC(=O)[CH2][Zr]([CH2]C(=O)CC(=O)OCC)([CH2]C(=O)CC(=O)OCC)[O]C(C)C. The minimum absolute atomic E-state index is 0.110. The number of ether oxygens (including phenoxy) is 3. The Bertz CT molecular complexity index is 602. The van der Waals surface area contributed by atoms with E-state index in [9.17, 15) is 28.8 Å². The summed E-state index contributed by atoms with van der Waals surface area (Å²) in [6.45, 7) is 8.55. The molecular formula is C21H34O10Zr. The van der Waals surface area contributed by atoms with Gasteiger partial charge in [0.05, 0.1) is 0 Å². The molecule has 0 unspecified atom stereocenters. The molecule has 0 rings (SSSR count). The molecule has 0 radical (unpaired) electrons. The molecule has 182 valence electrons. The van der Waals surface area contributed by atoms with Crippen LogP contribution in [0.3, 0.4) is 0 Å². The molecule has 0 fully saturated rings. The summed E-state index contributed by atoms with van der Waals surface area (Å²) in [7, 11) is 0. The van der Waals surface area contributed by atoms with Gasteiger partial charge in [0.15, 0.2) is 0 Å². The Kier molecular flexibility index (Phi) is 15.1. The summed E-state index contributed by atoms with van der Waals surface area (Å²) in [4.78, 5) is 73.0. The van der Waals surface area contributed by atoms with Crippen LogP contribution in [-0.2, 0) is 66.5 Å². The number of hydrogen-bond acceptors (Lipinski definition) is 10. The fourth-order valence-corrected chi connectivity index (χ4v) is 13.4. The zero-order chi connectivity index (χ0) is 24.7. The Morgan fingerprint density at radius 1 is 0.594 bits per heavy atom. The van der Waals surface area contributed by atoms with Gasteiger partial charge < -0.3 is 0 Å². The summed E-state index contributed by atoms with van der Waals surface area (Å²) in [5.41, 5.74) is 0. The van der Waals surface area contributed by atoms with Crippen LogP contribution in [0.25, 0.3) is 0 Å². The van der Waals surface area contributed by atoms with E-state index in [1.807, 2.05) is 0 Å². The Balaban J connectivity index is 5.73. The Morgan fingerprint density at radius 3 is 1.09 bits per heavy atom. The van der Waals surface area contributed by atoms with E-state index < -0.39 is 81.3 Å². The first-order valence-corrected chi connectivity index (χ1v) is 16.9. The van der Waals surface area contributed by atoms with E-state index in [2.05, 4.69) is 0 Å². The van der Waals surface area contributed by atoms with Gasteiger partial charge in [-0.1, -0.05) is 0 Å². The Hall–Kier alpha value is -1.74. The second-order valence-electron chi connectivity index (χ2n) is 7.44. The molecular weight excluding hydrogens is 503 g/mol. The molecule has 0 aromatic heterocycles. The van der Waals surface area contributed by atoms with Crippen molar-refractivity contribution in [3.05, 3.63) is 0 Å². The zero-order valence-corrected chi connectivity index (χ0v) is 22.0. The van der Waals surface area contributed by atoms with Crippen molar-refractivity contribution in [2.24, 2.45) is 0 Å². The van der Waals surface area contributed by atoms with Crippen LogP contribution in [0.5, 0.6) is 0 Å². The van der Waals surface area contributed by atoms with Crippen LogP contribution >= 0.6 is 0 Å². The molecule has 0 spiro atoms. The molecule has 0 aliphatic rings. The number of rotatable bonds is 17. The summed E-state index contributed by atoms with van der Waals surface area (Å²) >= 11 is -4.44. The van der Waals surface area contributed by atoms with Gasteiger partial charge in [0, 0.05) is 0 Å². The van der Waals surface area contributed by atoms with Gasteiger partial charge in [-0.2, -0.15) is 0 Å². The van der Waals surface area contributed by atoms with Crippen molar-refractivity contribution in [2.45, 2.75) is 72.4 Å². The molecule has 0 saturated carbocycles. The van der Waals surface area contributed by atoms with Crippen molar-refractivity contribution in [3.8, 4) is 0 Å². The number of Topliss-reactive ketones (excluding diaryl/α,β-unsaturated/α-hetero) is 3. The number of hydrogen-bond donors (Lipinski definition) is 0. The van der Waals surface area contributed by atoms with E-state index in [4.69, 9.17) is 17.0 Å². The van der Waals surface area contributed by atoms with E-state index in [1.54, 1.807) is 34.6 Å². The average Bonchev–Trinajstić information content (AvgIpc) is 2.60. The average molecular weight is 538 g/mol. The van der Waals surface area contributed by atoms with E-state index in [0.29, 0.717) is 0 Å². The van der Waals surface area contributed by atoms with Crippen LogP contribution in [0.1, 0.15) is 53.9 Å². The van der Waals surface area contributed by atoms with Crippen LogP contribution in [0.15, 0.2) is 0 Å². The molecule has 32 heavy (non-hydrogen) atoms. The second kappa shape index (κ2) is 16.0. The number of ketones is 3. The van der Waals surface area contributed by atoms with Crippen LogP contribution in [-0.4, -0.2) is 61.2 Å². The third-order valence-electron chi connectivity index (χ3n) is 3.98. The normalized spacial score (nSPS) is 11.1. The van der Waals surface area contributed by atoms with E-state index in [1.165, 1.54) is 0 Å². The van der Waals surface area contributed by atoms with Crippen molar-refractivity contribution in [1.82, 2.24) is 0 Å². The van der Waals surface area contributed by atoms with Crippen molar-refractivity contribution < 1.29 is 66.5 Å². The molecule has 0 bridgehead atoms. The Labute approximate surface area is 193 Å². The topological polar surface area (TPSA) is 139 Å². The molecule has 0 amide bonds. The van der Waals surface area contributed by atoms with Crippen molar-refractivity contribution in [3.63, 3.8) is 0 Å². The van der Waals surface area contributed by atoms with Gasteiger partial charge in [-0.15, -0.1) is 0 Å². The molecule has 0 aromatic carbocycles. The summed E-state index contributed by atoms with van der Waals surface area (Å²) in [6, 6.07) is 0. The zero-order valence-electron chi connectivity index (χ0n) is 19.5. The fourth-order valence-electron chi connectivity index (χ4n) is 3.20. The molecule has 0 heterocycles. The van der Waals surface area contributed by atoms with Gasteiger partial charge >= 0.3 is 194 Å². The number of carbonyl (C=O) groups excluding carboxylic acids is 6. The molecule has 0 aliphatic heterocycles. The predicted molar refractivity (Wildman–Crippen MR) is 109 cm³/mol. The summed E-state index contributed by atoms with van der Waals surface area (Å²) in [5, 5.41) is 0. The fraction of sp³-hybridized carbons (Fsp3) is 0.714. The van der Waals surface area contributed by atoms with E-state index in [0.717, 1.165) is 0 Å². The van der Waals surface area contributed by atoms with Crippen LogP contribution in [0, 0.1) is 0 Å². The van der Waals surface area contributed by atoms with Crippen LogP contribution < -0.4 is 0 Å². The van der Waals surface area contributed by atoms with E-state index in [-0.39, 0.29) is 32.2 Å². The first kappa shape index (κ1) is 30.3. The molecule has 0 N–H and O–H groups in total. The van der Waals surface area contributed by atoms with Gasteiger partial charge in [0.2, 0.25) is 0 Å². The molecule has 11 heteroatoms. The third-order valence-corrected chi connectivity index (χ3v) is 14.0. The molecule has 0 aliphatic carbocycles. The summed E-state index contributed by atoms with van der Waals surface area (Å²) in [6.07, 6.45) is -1.93. The van der Waals surface area contributed by atoms with E-state index >= 15 is 0 Å². The van der Waals surface area contributed by atoms with Gasteiger partial charge in [0.1, 0.15) is 0 Å². The van der Waals surface area contributed by atoms with Gasteiger partial charge in [-0.3, -0.25) is 0 Å². The van der Waals surface area contributed by atoms with Crippen LogP contribution in [0.4, 0.5) is 0 Å². The maximum atomic E-state index is 12.6. The molecule has 0 saturated heterocycles. The first-order valence-electron chi connectivity index (χ1n) is 10.7. The summed E-state index contributed by atoms with van der Waals surface area (Å²) in [5.74, 6) is -3.65. The number of esters is 3. The predicted octanol–water partition coefficient (Wildman–Crippen LogP) is 2.30. The van der Waals surface area contributed by atoms with Crippen molar-refractivity contribution in [2.75, 3.05) is 19.8 Å². The standard InChI is InChI=1S/3C6H9O3.C3H7O.Zr/c3*1-3-9-6(8)4-5(2)7;1-3(2)4;/h3*2-4H2,1H3;3H,1-2H3;/q;;;-1;+1. The summed E-state index contributed by atoms with van der Waals surface area (Å²) < 4.78 is 19.7. The van der Waals surface area contributed by atoms with Crippen LogP contribution in [0.2, 0.25) is 12.4 Å². The maximum absolute atomic E-state index is 12.6. The third kappa shape index (κ3) is 13.6. The second-order valence-corrected chi connectivity index (χ2v) is 16.4. The Morgan fingerprint density at radius 2 is 0.875 bits per heavy atom. The number of carbonyl (C=O) groups is 6. The van der Waals surface area contributed by atoms with Gasteiger partial charge in [-0.05, 0) is 0 Å². The van der Waals surface area contributed by atoms with Crippen molar-refractivity contribution >= 4 is 35.3 Å². The first-order chi connectivity index (χ1) is 15.0.